The molecule has 1 aliphatic rings. The van der Waals surface area contributed by atoms with Crippen molar-refractivity contribution in [2.24, 2.45) is 4.99 Å². The lowest BCUT2D eigenvalue weighted by atomic mass is 9.87. The van der Waals surface area contributed by atoms with E-state index in [1.165, 1.54) is 22.4 Å². The molecule has 2 aromatic carbocycles. The average Bonchev–Trinajstić information content (AvgIpc) is 3.30. The number of rotatable bonds is 7. The van der Waals surface area contributed by atoms with Gasteiger partial charge in [0.15, 0.2) is 0 Å². The minimum Gasteiger partial charge on any atom is -0.376 e. The van der Waals surface area contributed by atoms with Crippen LogP contribution >= 0.6 is 0 Å². The Labute approximate surface area is 201 Å². The minimum absolute atomic E-state index is 0.167. The predicted molar refractivity (Wildman–Crippen MR) is 138 cm³/mol. The van der Waals surface area contributed by atoms with Crippen LogP contribution in [0.3, 0.4) is 0 Å². The van der Waals surface area contributed by atoms with Gasteiger partial charge in [0.2, 0.25) is 0 Å². The summed E-state index contributed by atoms with van der Waals surface area (Å²) in [7, 11) is 3.80. The summed E-state index contributed by atoms with van der Waals surface area (Å²) in [5, 5.41) is 7.12. The number of fused-ring (bicyclic) bond motifs is 2. The van der Waals surface area contributed by atoms with Crippen molar-refractivity contribution in [2.75, 3.05) is 20.6 Å². The zero-order chi connectivity index (χ0) is 23.3. The molecule has 6 nitrogen and oxygen atoms in total. The number of amidine groups is 1. The van der Waals surface area contributed by atoms with Crippen LogP contribution in [-0.4, -0.2) is 41.4 Å². The minimum atomic E-state index is 0.167. The number of aromatic amines is 1. The van der Waals surface area contributed by atoms with Crippen LogP contribution in [-0.2, 0) is 12.8 Å². The number of pyridine rings is 1. The molecular weight excluding hydrogens is 420 g/mol. The average molecular weight is 453 g/mol. The summed E-state index contributed by atoms with van der Waals surface area (Å²) in [4.78, 5) is 17.6. The summed E-state index contributed by atoms with van der Waals surface area (Å²) in [5.41, 5.74) is 7.25. The largest absolute Gasteiger partial charge is 0.376 e. The van der Waals surface area contributed by atoms with Crippen LogP contribution in [0.1, 0.15) is 53.0 Å². The molecule has 6 heteroatoms. The summed E-state index contributed by atoms with van der Waals surface area (Å²) in [6.07, 6.45) is 6.06. The monoisotopic (exact) mass is 452 g/mol. The Balaban J connectivity index is 1.37. The lowest BCUT2D eigenvalue weighted by Gasteiger charge is -2.29. The molecule has 0 bridgehead atoms. The predicted octanol–water partition coefficient (Wildman–Crippen LogP) is 4.55. The smallest absolute Gasteiger partial charge is 0.111 e. The first-order valence-electron chi connectivity index (χ1n) is 12.1. The number of hydrogen-bond donors (Lipinski definition) is 3. The van der Waals surface area contributed by atoms with E-state index in [-0.39, 0.29) is 12.0 Å². The lowest BCUT2D eigenvalue weighted by molar-refractivity contribution is 0.444. The van der Waals surface area contributed by atoms with Crippen molar-refractivity contribution in [3.63, 3.8) is 0 Å². The van der Waals surface area contributed by atoms with Gasteiger partial charge in [0, 0.05) is 39.3 Å². The van der Waals surface area contributed by atoms with Crippen molar-refractivity contribution >= 4 is 16.9 Å². The number of imidazole rings is 1. The first-order valence-corrected chi connectivity index (χ1v) is 12.1. The summed E-state index contributed by atoms with van der Waals surface area (Å²) >= 11 is 0. The molecule has 0 spiro atoms. The Kier molecular flexibility index (Phi) is 6.67. The number of H-pyrrole nitrogens is 1. The van der Waals surface area contributed by atoms with Gasteiger partial charge in [-0.2, -0.15) is 0 Å². The first-order chi connectivity index (χ1) is 16.8. The third-order valence-electron chi connectivity index (χ3n) is 6.83. The summed E-state index contributed by atoms with van der Waals surface area (Å²) in [6.45, 7) is 0.803. The quantitative estimate of drug-likeness (QED) is 0.284. The standard InChI is InChI=1S/C28H32N6/c1-29-28(30-2)22(19-9-4-3-5-10-19)18-32-25-14-8-11-21-20(15-16-31-27(21)25)17-26-33-23-12-6-7-13-24(23)34-26/h3-7,9-10,12-13,15-16,22,25,32H,8,11,14,17-18H2,1-2H3,(H,29,30)(H,33,34). The molecule has 3 N–H and O–H groups in total. The van der Waals surface area contributed by atoms with Gasteiger partial charge in [-0.15, -0.1) is 0 Å². The van der Waals surface area contributed by atoms with Gasteiger partial charge in [-0.05, 0) is 54.2 Å². The Bertz CT molecular complexity index is 1240. The van der Waals surface area contributed by atoms with E-state index >= 15 is 0 Å². The zero-order valence-electron chi connectivity index (χ0n) is 19.9. The third kappa shape index (κ3) is 4.59. The van der Waals surface area contributed by atoms with Crippen molar-refractivity contribution in [1.82, 2.24) is 25.6 Å². The van der Waals surface area contributed by atoms with Crippen molar-refractivity contribution in [3.05, 3.63) is 95.1 Å². The molecule has 1 aliphatic carbocycles. The molecule has 0 fully saturated rings. The highest BCUT2D eigenvalue weighted by Crippen LogP contribution is 2.32. The van der Waals surface area contributed by atoms with Crippen LogP contribution in [0.4, 0.5) is 0 Å². The van der Waals surface area contributed by atoms with E-state index in [0.717, 1.165) is 54.9 Å². The number of nitrogens with zero attached hydrogens (tertiary/aromatic N) is 3. The number of hydrogen-bond acceptors (Lipinski definition) is 4. The van der Waals surface area contributed by atoms with Gasteiger partial charge in [0.1, 0.15) is 11.7 Å². The molecule has 0 aliphatic heterocycles. The molecular formula is C28H32N6. The summed E-state index contributed by atoms with van der Waals surface area (Å²) in [6, 6.07) is 21.2. The third-order valence-corrected chi connectivity index (χ3v) is 6.83. The second kappa shape index (κ2) is 10.2. The number of aliphatic imine (C=N–C) groups is 1. The molecule has 0 radical (unpaired) electrons. The highest BCUT2D eigenvalue weighted by atomic mass is 15.0. The van der Waals surface area contributed by atoms with Crippen LogP contribution in [0.25, 0.3) is 11.0 Å². The van der Waals surface area contributed by atoms with Crippen LogP contribution in [0.15, 0.2) is 71.9 Å². The van der Waals surface area contributed by atoms with E-state index in [9.17, 15) is 0 Å². The van der Waals surface area contributed by atoms with Gasteiger partial charge in [-0.25, -0.2) is 4.98 Å². The van der Waals surface area contributed by atoms with E-state index in [1.807, 2.05) is 32.4 Å². The Morgan fingerprint density at radius 1 is 1.12 bits per heavy atom. The van der Waals surface area contributed by atoms with E-state index in [4.69, 9.17) is 9.97 Å². The number of likely N-dealkylation sites (N-methyl/N-ethyl adjacent to an activating group) is 1. The normalized spacial score (nSPS) is 16.9. The van der Waals surface area contributed by atoms with Crippen molar-refractivity contribution < 1.29 is 0 Å². The molecule has 4 aromatic rings. The van der Waals surface area contributed by atoms with Gasteiger partial charge in [0.25, 0.3) is 0 Å². The van der Waals surface area contributed by atoms with Crippen LogP contribution in [0, 0.1) is 0 Å². The fourth-order valence-corrected chi connectivity index (χ4v) is 5.15. The highest BCUT2D eigenvalue weighted by molar-refractivity contribution is 5.89. The van der Waals surface area contributed by atoms with Gasteiger partial charge in [-0.1, -0.05) is 42.5 Å². The number of nitrogens with one attached hydrogen (secondary N) is 3. The fraction of sp³-hybridized carbons (Fsp3) is 0.321. The second-order valence-electron chi connectivity index (χ2n) is 8.89. The van der Waals surface area contributed by atoms with Crippen LogP contribution in [0.5, 0.6) is 0 Å². The molecule has 2 atom stereocenters. The maximum absolute atomic E-state index is 4.84. The van der Waals surface area contributed by atoms with Gasteiger partial charge in [0.05, 0.1) is 22.6 Å². The van der Waals surface area contributed by atoms with Gasteiger partial charge in [-0.3, -0.25) is 9.98 Å². The Hall–Kier alpha value is -3.51. The van der Waals surface area contributed by atoms with Crippen LogP contribution < -0.4 is 10.6 Å². The second-order valence-corrected chi connectivity index (χ2v) is 8.89. The van der Waals surface area contributed by atoms with E-state index < -0.39 is 0 Å². The zero-order valence-corrected chi connectivity index (χ0v) is 19.9. The number of para-hydroxylation sites is 2. The maximum atomic E-state index is 4.84. The molecule has 0 saturated heterocycles. The fourth-order valence-electron chi connectivity index (χ4n) is 5.15. The number of aromatic nitrogens is 3. The SMILES string of the molecule is CN=C(NC)C(CNC1CCCc2c(Cc3nc4ccccc4[nH]3)ccnc21)c1ccccc1. The molecule has 2 heterocycles. The maximum Gasteiger partial charge on any atom is 0.111 e. The van der Waals surface area contributed by atoms with Gasteiger partial charge < -0.3 is 15.6 Å². The summed E-state index contributed by atoms with van der Waals surface area (Å²) < 4.78 is 0. The Morgan fingerprint density at radius 3 is 2.74 bits per heavy atom. The van der Waals surface area contributed by atoms with Crippen LogP contribution in [0.2, 0.25) is 0 Å². The molecule has 2 unspecified atom stereocenters. The van der Waals surface area contributed by atoms with Crippen molar-refractivity contribution in [1.29, 1.82) is 0 Å². The number of benzene rings is 2. The molecule has 0 saturated carbocycles. The molecule has 5 rings (SSSR count). The highest BCUT2D eigenvalue weighted by Gasteiger charge is 2.26. The van der Waals surface area contributed by atoms with Gasteiger partial charge >= 0.3 is 0 Å². The Morgan fingerprint density at radius 2 is 1.94 bits per heavy atom. The van der Waals surface area contributed by atoms with Crippen molar-refractivity contribution in [2.45, 2.75) is 37.6 Å². The van der Waals surface area contributed by atoms with E-state index in [2.05, 4.69) is 69.1 Å². The van der Waals surface area contributed by atoms with E-state index in [1.54, 1.807) is 0 Å². The molecule has 0 amide bonds. The topological polar surface area (TPSA) is 78.0 Å². The molecule has 34 heavy (non-hydrogen) atoms. The first kappa shape index (κ1) is 22.3. The van der Waals surface area contributed by atoms with E-state index in [0.29, 0.717) is 0 Å². The summed E-state index contributed by atoms with van der Waals surface area (Å²) in [5.74, 6) is 2.16. The lowest BCUT2D eigenvalue weighted by Crippen LogP contribution is -2.36. The molecule has 174 valence electrons. The van der Waals surface area contributed by atoms with Crippen molar-refractivity contribution in [3.8, 4) is 0 Å². The molecule has 2 aromatic heterocycles.